The van der Waals surface area contributed by atoms with Crippen LogP contribution in [0, 0.1) is 10.1 Å². The first-order valence-corrected chi connectivity index (χ1v) is 5.40. The van der Waals surface area contributed by atoms with Gasteiger partial charge < -0.3 is 14.1 Å². The zero-order chi connectivity index (χ0) is 14.0. The Bertz CT molecular complexity index is 630. The molecule has 2 aromatic rings. The number of aryl methyl sites for hydroxylation is 1. The van der Waals surface area contributed by atoms with E-state index in [1.165, 1.54) is 4.57 Å². The molecule has 0 aromatic carbocycles. The van der Waals surface area contributed by atoms with E-state index in [2.05, 4.69) is 10.2 Å². The number of aromatic carboxylic acids is 1. The summed E-state index contributed by atoms with van der Waals surface area (Å²) >= 11 is 0. The van der Waals surface area contributed by atoms with Crippen molar-refractivity contribution in [1.82, 2.24) is 14.8 Å². The topological polar surface area (TPSA) is 124 Å². The van der Waals surface area contributed by atoms with E-state index < -0.39 is 10.9 Å². The Morgan fingerprint density at radius 2 is 2.21 bits per heavy atom. The van der Waals surface area contributed by atoms with Gasteiger partial charge in [0.2, 0.25) is 11.8 Å². The van der Waals surface area contributed by atoms with Crippen LogP contribution in [0.5, 0.6) is 0 Å². The molecule has 2 heterocycles. The second kappa shape index (κ2) is 4.88. The maximum atomic E-state index is 11.0. The highest BCUT2D eigenvalue weighted by Crippen LogP contribution is 2.18. The number of carboxylic acids is 1. The van der Waals surface area contributed by atoms with Gasteiger partial charge >= 0.3 is 5.97 Å². The molecule has 0 aliphatic carbocycles. The van der Waals surface area contributed by atoms with Crippen LogP contribution in [0.4, 0.5) is 5.69 Å². The van der Waals surface area contributed by atoms with E-state index in [1.807, 2.05) is 6.92 Å². The van der Waals surface area contributed by atoms with Crippen LogP contribution in [-0.4, -0.2) is 30.8 Å². The normalized spacial score (nSPS) is 10.6. The highest BCUT2D eigenvalue weighted by Gasteiger charge is 2.20. The highest BCUT2D eigenvalue weighted by molar-refractivity contribution is 5.86. The summed E-state index contributed by atoms with van der Waals surface area (Å²) in [6.45, 7) is 1.81. The summed E-state index contributed by atoms with van der Waals surface area (Å²) in [5, 5.41) is 27.1. The number of rotatable bonds is 5. The zero-order valence-electron chi connectivity index (χ0n) is 9.94. The van der Waals surface area contributed by atoms with Crippen molar-refractivity contribution < 1.29 is 19.2 Å². The monoisotopic (exact) mass is 266 g/mol. The number of nitro groups is 1. The third-order valence-corrected chi connectivity index (χ3v) is 2.43. The maximum absolute atomic E-state index is 11.0. The molecule has 0 bridgehead atoms. The molecule has 9 nitrogen and oxygen atoms in total. The van der Waals surface area contributed by atoms with Crippen LogP contribution >= 0.6 is 0 Å². The molecule has 9 heteroatoms. The molecular formula is C10H10N4O5. The maximum Gasteiger partial charge on any atom is 0.352 e. The molecule has 0 unspecified atom stereocenters. The van der Waals surface area contributed by atoms with Gasteiger partial charge in [0.25, 0.3) is 5.69 Å². The van der Waals surface area contributed by atoms with E-state index in [1.54, 1.807) is 0 Å². The van der Waals surface area contributed by atoms with Crippen molar-refractivity contribution in [3.8, 4) is 0 Å². The second-order valence-electron chi connectivity index (χ2n) is 3.72. The molecule has 0 saturated heterocycles. The molecule has 0 fully saturated rings. The summed E-state index contributed by atoms with van der Waals surface area (Å²) in [6, 6.07) is 0.986. The molecule has 0 saturated carbocycles. The van der Waals surface area contributed by atoms with E-state index in [4.69, 9.17) is 9.52 Å². The van der Waals surface area contributed by atoms with Gasteiger partial charge in [0.15, 0.2) is 0 Å². The SMILES string of the molecule is CCc1nnc(Cn2cc([N+](=O)[O-])cc2C(=O)O)o1. The first kappa shape index (κ1) is 12.7. The molecule has 0 aliphatic heterocycles. The van der Waals surface area contributed by atoms with E-state index in [9.17, 15) is 14.9 Å². The van der Waals surface area contributed by atoms with Crippen LogP contribution in [0.1, 0.15) is 29.2 Å². The predicted molar refractivity (Wildman–Crippen MR) is 60.8 cm³/mol. The minimum Gasteiger partial charge on any atom is -0.477 e. The minimum atomic E-state index is -1.26. The Hall–Kier alpha value is -2.71. The second-order valence-corrected chi connectivity index (χ2v) is 3.72. The van der Waals surface area contributed by atoms with Crippen molar-refractivity contribution in [2.75, 3.05) is 0 Å². The van der Waals surface area contributed by atoms with Gasteiger partial charge in [-0.05, 0) is 0 Å². The molecule has 0 spiro atoms. The van der Waals surface area contributed by atoms with Crippen LogP contribution in [0.25, 0.3) is 0 Å². The quantitative estimate of drug-likeness (QED) is 0.634. The van der Waals surface area contributed by atoms with Crippen LogP contribution in [0.3, 0.4) is 0 Å². The van der Waals surface area contributed by atoms with Crippen molar-refractivity contribution >= 4 is 11.7 Å². The van der Waals surface area contributed by atoms with Gasteiger partial charge in [0.1, 0.15) is 12.2 Å². The summed E-state index contributed by atoms with van der Waals surface area (Å²) in [4.78, 5) is 21.0. The zero-order valence-corrected chi connectivity index (χ0v) is 9.94. The lowest BCUT2D eigenvalue weighted by Crippen LogP contribution is -2.08. The standard InChI is InChI=1S/C10H10N4O5/c1-2-8-11-12-9(19-8)5-13-4-6(14(17)18)3-7(13)10(15)16/h3-4H,2,5H2,1H3,(H,15,16). The van der Waals surface area contributed by atoms with E-state index in [0.717, 1.165) is 12.3 Å². The van der Waals surface area contributed by atoms with Crippen molar-refractivity contribution in [1.29, 1.82) is 0 Å². The van der Waals surface area contributed by atoms with Crippen molar-refractivity contribution in [2.45, 2.75) is 19.9 Å². The molecule has 2 rings (SSSR count). The fraction of sp³-hybridized carbons (Fsp3) is 0.300. The average molecular weight is 266 g/mol. The number of hydrogen-bond donors (Lipinski definition) is 1. The number of hydrogen-bond acceptors (Lipinski definition) is 6. The number of carbonyl (C=O) groups is 1. The Balaban J connectivity index is 2.32. The van der Waals surface area contributed by atoms with Crippen LogP contribution in [0.2, 0.25) is 0 Å². The van der Waals surface area contributed by atoms with Crippen LogP contribution in [-0.2, 0) is 13.0 Å². The molecule has 0 aliphatic rings. The number of aromatic nitrogens is 3. The van der Waals surface area contributed by atoms with Gasteiger partial charge in [-0.25, -0.2) is 4.79 Å². The van der Waals surface area contributed by atoms with Gasteiger partial charge in [0, 0.05) is 12.5 Å². The summed E-state index contributed by atoms with van der Waals surface area (Å²) < 4.78 is 6.42. The molecule has 1 N–H and O–H groups in total. The summed E-state index contributed by atoms with van der Waals surface area (Å²) in [6.07, 6.45) is 1.68. The molecule has 100 valence electrons. The van der Waals surface area contributed by atoms with Crippen LogP contribution in [0.15, 0.2) is 16.7 Å². The lowest BCUT2D eigenvalue weighted by atomic mass is 10.4. The largest absolute Gasteiger partial charge is 0.477 e. The molecule has 0 radical (unpaired) electrons. The van der Waals surface area contributed by atoms with Crippen molar-refractivity contribution in [3.05, 3.63) is 39.9 Å². The van der Waals surface area contributed by atoms with Gasteiger partial charge in [0.05, 0.1) is 11.1 Å². The Kier molecular flexibility index (Phi) is 3.27. The predicted octanol–water partition coefficient (Wildman–Crippen LogP) is 1.09. The van der Waals surface area contributed by atoms with E-state index >= 15 is 0 Å². The van der Waals surface area contributed by atoms with Crippen LogP contribution < -0.4 is 0 Å². The van der Waals surface area contributed by atoms with Crippen molar-refractivity contribution in [2.24, 2.45) is 0 Å². The minimum absolute atomic E-state index is 0.0253. The fourth-order valence-corrected chi connectivity index (χ4v) is 1.55. The third kappa shape index (κ3) is 2.59. The average Bonchev–Trinajstić information content (AvgIpc) is 2.96. The highest BCUT2D eigenvalue weighted by atomic mass is 16.6. The Labute approximate surface area is 106 Å². The first-order chi connectivity index (χ1) is 9.01. The molecule has 0 atom stereocenters. The van der Waals surface area contributed by atoms with Gasteiger partial charge in [-0.1, -0.05) is 6.92 Å². The lowest BCUT2D eigenvalue weighted by molar-refractivity contribution is -0.384. The summed E-state index contributed by atoms with van der Waals surface area (Å²) in [5.74, 6) is -0.637. The number of nitrogens with zero attached hydrogens (tertiary/aromatic N) is 4. The van der Waals surface area contributed by atoms with Gasteiger partial charge in [-0.2, -0.15) is 0 Å². The Morgan fingerprint density at radius 1 is 1.53 bits per heavy atom. The molecule has 19 heavy (non-hydrogen) atoms. The fourth-order valence-electron chi connectivity index (χ4n) is 1.55. The van der Waals surface area contributed by atoms with Gasteiger partial charge in [-0.15, -0.1) is 10.2 Å². The summed E-state index contributed by atoms with van der Waals surface area (Å²) in [5.41, 5.74) is -0.504. The number of carboxylic acid groups (broad SMARTS) is 1. The van der Waals surface area contributed by atoms with E-state index in [0.29, 0.717) is 12.3 Å². The third-order valence-electron chi connectivity index (χ3n) is 2.43. The molecule has 2 aromatic heterocycles. The first-order valence-electron chi connectivity index (χ1n) is 5.40. The lowest BCUT2D eigenvalue weighted by Gasteiger charge is -2.00. The van der Waals surface area contributed by atoms with Gasteiger partial charge in [-0.3, -0.25) is 10.1 Å². The summed E-state index contributed by atoms with van der Waals surface area (Å²) in [7, 11) is 0. The van der Waals surface area contributed by atoms with E-state index in [-0.39, 0.29) is 23.8 Å². The molecular weight excluding hydrogens is 256 g/mol. The smallest absolute Gasteiger partial charge is 0.352 e. The van der Waals surface area contributed by atoms with Crippen molar-refractivity contribution in [3.63, 3.8) is 0 Å². The molecule has 0 amide bonds. The Morgan fingerprint density at radius 3 is 2.74 bits per heavy atom.